The summed E-state index contributed by atoms with van der Waals surface area (Å²) >= 11 is 3.49. The molecule has 0 heterocycles. The van der Waals surface area contributed by atoms with Crippen molar-refractivity contribution in [2.45, 2.75) is 63.5 Å². The third kappa shape index (κ3) is 3.86. The van der Waals surface area contributed by atoms with Gasteiger partial charge in [-0.15, -0.1) is 0 Å². The summed E-state index contributed by atoms with van der Waals surface area (Å²) in [7, 11) is 0. The first-order chi connectivity index (χ1) is 10.1. The molecule has 3 N–H and O–H groups in total. The van der Waals surface area contributed by atoms with Gasteiger partial charge in [-0.1, -0.05) is 60.7 Å². The molecule has 1 saturated carbocycles. The molecule has 1 fully saturated rings. The van der Waals surface area contributed by atoms with E-state index in [1.807, 2.05) is 31.2 Å². The molecule has 1 aromatic rings. The van der Waals surface area contributed by atoms with Crippen LogP contribution in [0.5, 0.6) is 0 Å². The van der Waals surface area contributed by atoms with Crippen LogP contribution < -0.4 is 11.1 Å². The number of rotatable bonds is 5. The number of primary amides is 1. The lowest BCUT2D eigenvalue weighted by atomic mass is 9.85. The summed E-state index contributed by atoms with van der Waals surface area (Å²) in [5.74, 6) is -0.285. The maximum atomic E-state index is 12.3. The van der Waals surface area contributed by atoms with Gasteiger partial charge in [0.25, 0.3) is 0 Å². The molecule has 0 spiro atoms. The van der Waals surface area contributed by atoms with Crippen LogP contribution in [0, 0.1) is 0 Å². The van der Waals surface area contributed by atoms with E-state index in [0.29, 0.717) is 12.5 Å². The molecule has 0 aromatic heterocycles. The standard InChI is InChI=1S/C17H25BrN2O/c1-2-17(16(19)21,13-8-7-9-14(18)12-13)20-15-10-5-3-4-6-11-15/h7-9,12,15,20H,2-6,10-11H2,1H3,(H2,19,21). The van der Waals surface area contributed by atoms with E-state index in [4.69, 9.17) is 5.73 Å². The minimum atomic E-state index is -0.765. The van der Waals surface area contributed by atoms with Gasteiger partial charge < -0.3 is 5.73 Å². The molecule has 116 valence electrons. The molecule has 21 heavy (non-hydrogen) atoms. The maximum Gasteiger partial charge on any atom is 0.242 e. The number of carbonyl (C=O) groups excluding carboxylic acids is 1. The molecule has 4 heteroatoms. The first kappa shape index (κ1) is 16.5. The largest absolute Gasteiger partial charge is 0.368 e. The molecular weight excluding hydrogens is 328 g/mol. The molecule has 1 amide bonds. The first-order valence-corrected chi connectivity index (χ1v) is 8.71. The van der Waals surface area contributed by atoms with E-state index in [1.165, 1.54) is 25.7 Å². The van der Waals surface area contributed by atoms with Crippen LogP contribution in [0.15, 0.2) is 28.7 Å². The Morgan fingerprint density at radius 1 is 1.33 bits per heavy atom. The molecule has 1 atom stereocenters. The Labute approximate surface area is 135 Å². The molecule has 1 aliphatic rings. The quantitative estimate of drug-likeness (QED) is 0.790. The fraction of sp³-hybridized carbons (Fsp3) is 0.588. The van der Waals surface area contributed by atoms with E-state index < -0.39 is 5.54 Å². The van der Waals surface area contributed by atoms with Crippen LogP contribution in [0.25, 0.3) is 0 Å². The fourth-order valence-corrected chi connectivity index (χ4v) is 3.70. The zero-order valence-corrected chi connectivity index (χ0v) is 14.3. The monoisotopic (exact) mass is 352 g/mol. The van der Waals surface area contributed by atoms with Gasteiger partial charge in [-0.25, -0.2) is 0 Å². The Hall–Kier alpha value is -0.870. The molecule has 0 aliphatic heterocycles. The lowest BCUT2D eigenvalue weighted by Gasteiger charge is -2.35. The maximum absolute atomic E-state index is 12.3. The van der Waals surface area contributed by atoms with Crippen molar-refractivity contribution in [3.8, 4) is 0 Å². The summed E-state index contributed by atoms with van der Waals surface area (Å²) in [6.07, 6.45) is 7.97. The molecule has 3 nitrogen and oxygen atoms in total. The SMILES string of the molecule is CCC(NC1CCCCCC1)(C(N)=O)c1cccc(Br)c1. The van der Waals surface area contributed by atoms with Crippen molar-refractivity contribution >= 4 is 21.8 Å². The van der Waals surface area contributed by atoms with Crippen LogP contribution in [-0.4, -0.2) is 11.9 Å². The van der Waals surface area contributed by atoms with Crippen LogP contribution in [0.1, 0.15) is 57.4 Å². The van der Waals surface area contributed by atoms with Crippen molar-refractivity contribution in [1.29, 1.82) is 0 Å². The van der Waals surface area contributed by atoms with Gasteiger partial charge in [0.2, 0.25) is 5.91 Å². The molecule has 0 radical (unpaired) electrons. The molecular formula is C17H25BrN2O. The van der Waals surface area contributed by atoms with Gasteiger partial charge in [-0.2, -0.15) is 0 Å². The van der Waals surface area contributed by atoms with Crippen molar-refractivity contribution in [2.75, 3.05) is 0 Å². The van der Waals surface area contributed by atoms with Crippen LogP contribution in [0.4, 0.5) is 0 Å². The Morgan fingerprint density at radius 3 is 2.52 bits per heavy atom. The second-order valence-electron chi connectivity index (χ2n) is 5.97. The molecule has 2 rings (SSSR count). The number of nitrogens with one attached hydrogen (secondary N) is 1. The van der Waals surface area contributed by atoms with E-state index in [9.17, 15) is 4.79 Å². The number of benzene rings is 1. The highest BCUT2D eigenvalue weighted by atomic mass is 79.9. The zero-order valence-electron chi connectivity index (χ0n) is 12.7. The molecule has 0 saturated heterocycles. The van der Waals surface area contributed by atoms with Crippen LogP contribution in [0.2, 0.25) is 0 Å². The normalized spacial score (nSPS) is 19.7. The summed E-state index contributed by atoms with van der Waals surface area (Å²) in [5, 5.41) is 3.61. The van der Waals surface area contributed by atoms with Gasteiger partial charge in [-0.05, 0) is 37.0 Å². The summed E-state index contributed by atoms with van der Waals surface area (Å²) in [6.45, 7) is 2.02. The summed E-state index contributed by atoms with van der Waals surface area (Å²) in [6, 6.07) is 8.29. The zero-order chi connectivity index (χ0) is 15.3. The highest BCUT2D eigenvalue weighted by Crippen LogP contribution is 2.30. The average molecular weight is 353 g/mol. The smallest absolute Gasteiger partial charge is 0.242 e. The lowest BCUT2D eigenvalue weighted by Crippen LogP contribution is -2.55. The molecule has 1 aliphatic carbocycles. The minimum Gasteiger partial charge on any atom is -0.368 e. The number of amides is 1. The molecule has 1 aromatic carbocycles. The third-order valence-corrected chi connectivity index (χ3v) is 5.07. The van der Waals surface area contributed by atoms with E-state index in [1.54, 1.807) is 0 Å². The molecule has 1 unspecified atom stereocenters. The topological polar surface area (TPSA) is 55.1 Å². The van der Waals surface area contributed by atoms with E-state index >= 15 is 0 Å². The van der Waals surface area contributed by atoms with Gasteiger partial charge in [0.15, 0.2) is 0 Å². The van der Waals surface area contributed by atoms with E-state index in [2.05, 4.69) is 21.2 Å². The number of nitrogens with two attached hydrogens (primary N) is 1. The highest BCUT2D eigenvalue weighted by molar-refractivity contribution is 9.10. The van der Waals surface area contributed by atoms with Gasteiger partial charge in [0.1, 0.15) is 5.54 Å². The number of carbonyl (C=O) groups is 1. The van der Waals surface area contributed by atoms with Crippen molar-refractivity contribution in [2.24, 2.45) is 5.73 Å². The van der Waals surface area contributed by atoms with E-state index in [-0.39, 0.29) is 5.91 Å². The number of halogens is 1. The van der Waals surface area contributed by atoms with Gasteiger partial charge in [-0.3, -0.25) is 10.1 Å². The minimum absolute atomic E-state index is 0.285. The van der Waals surface area contributed by atoms with Crippen molar-refractivity contribution in [1.82, 2.24) is 5.32 Å². The van der Waals surface area contributed by atoms with Crippen LogP contribution in [0.3, 0.4) is 0 Å². The second kappa shape index (κ2) is 7.41. The second-order valence-corrected chi connectivity index (χ2v) is 6.88. The predicted molar refractivity (Wildman–Crippen MR) is 89.9 cm³/mol. The lowest BCUT2D eigenvalue weighted by molar-refractivity contribution is -0.125. The third-order valence-electron chi connectivity index (χ3n) is 4.57. The van der Waals surface area contributed by atoms with Crippen molar-refractivity contribution in [3.63, 3.8) is 0 Å². The Balaban J connectivity index is 2.30. The average Bonchev–Trinajstić information content (AvgIpc) is 2.73. The Morgan fingerprint density at radius 2 is 2.00 bits per heavy atom. The Bertz CT molecular complexity index is 483. The summed E-state index contributed by atoms with van der Waals surface area (Å²) < 4.78 is 0.974. The number of hydrogen-bond donors (Lipinski definition) is 2. The predicted octanol–water partition coefficient (Wildman–Crippen LogP) is 3.85. The van der Waals surface area contributed by atoms with Crippen molar-refractivity contribution in [3.05, 3.63) is 34.3 Å². The fourth-order valence-electron chi connectivity index (χ4n) is 3.30. The Kier molecular flexibility index (Phi) is 5.82. The molecule has 0 bridgehead atoms. The first-order valence-electron chi connectivity index (χ1n) is 7.92. The van der Waals surface area contributed by atoms with Crippen LogP contribution >= 0.6 is 15.9 Å². The summed E-state index contributed by atoms with van der Waals surface area (Å²) in [4.78, 5) is 12.3. The van der Waals surface area contributed by atoms with Crippen molar-refractivity contribution < 1.29 is 4.79 Å². The van der Waals surface area contributed by atoms with Crippen LogP contribution in [-0.2, 0) is 10.3 Å². The van der Waals surface area contributed by atoms with Gasteiger partial charge in [0.05, 0.1) is 0 Å². The summed E-state index contributed by atoms with van der Waals surface area (Å²) in [5.41, 5.74) is 5.99. The van der Waals surface area contributed by atoms with Gasteiger partial charge >= 0.3 is 0 Å². The number of hydrogen-bond acceptors (Lipinski definition) is 2. The van der Waals surface area contributed by atoms with E-state index in [0.717, 1.165) is 22.9 Å². The highest BCUT2D eigenvalue weighted by Gasteiger charge is 2.38. The van der Waals surface area contributed by atoms with Gasteiger partial charge in [0, 0.05) is 10.5 Å².